The van der Waals surface area contributed by atoms with E-state index in [0.29, 0.717) is 15.8 Å². The highest BCUT2D eigenvalue weighted by atomic mass is 35.5. The minimum atomic E-state index is -0.394. The van der Waals surface area contributed by atoms with Crippen LogP contribution >= 0.6 is 34.5 Å². The molecule has 1 heterocycles. The summed E-state index contributed by atoms with van der Waals surface area (Å²) in [5, 5.41) is 3.54. The Bertz CT molecular complexity index is 672. The van der Waals surface area contributed by atoms with Gasteiger partial charge in [-0.25, -0.2) is 4.79 Å². The number of nitrogens with one attached hydrogen (secondary N) is 1. The first-order valence-corrected chi connectivity index (χ1v) is 8.63. The zero-order chi connectivity index (χ0) is 15.5. The third kappa shape index (κ3) is 3.57. The second-order valence-corrected chi connectivity index (χ2v) is 7.32. The van der Waals surface area contributed by atoms with Crippen molar-refractivity contribution in [2.45, 2.75) is 31.9 Å². The van der Waals surface area contributed by atoms with Gasteiger partial charge < -0.3 is 10.1 Å². The Kier molecular flexibility index (Phi) is 4.91. The van der Waals surface area contributed by atoms with Crippen LogP contribution in [0, 0.1) is 0 Å². The Labute approximate surface area is 143 Å². The lowest BCUT2D eigenvalue weighted by Crippen LogP contribution is -2.38. The van der Waals surface area contributed by atoms with Crippen LogP contribution in [0.4, 0.5) is 4.79 Å². The smallest absolute Gasteiger partial charge is 0.407 e. The number of alkyl carbamates (subject to hydrolysis) is 1. The Hall–Kier alpha value is -1.23. The lowest BCUT2D eigenvalue weighted by Gasteiger charge is -2.23. The van der Waals surface area contributed by atoms with E-state index in [-0.39, 0.29) is 12.6 Å². The number of carbonyl (C=O) groups is 1. The zero-order valence-corrected chi connectivity index (χ0v) is 14.1. The molecule has 0 bridgehead atoms. The first-order chi connectivity index (χ1) is 10.6. The maximum atomic E-state index is 11.9. The average Bonchev–Trinajstić information content (AvgIpc) is 2.81. The minimum Gasteiger partial charge on any atom is -0.445 e. The Morgan fingerprint density at radius 3 is 2.86 bits per heavy atom. The van der Waals surface area contributed by atoms with Gasteiger partial charge in [-0.2, -0.15) is 0 Å². The number of hydrogen-bond acceptors (Lipinski definition) is 3. The molecule has 1 aliphatic rings. The summed E-state index contributed by atoms with van der Waals surface area (Å²) in [6.45, 7) is 0.273. The monoisotopic (exact) mass is 355 g/mol. The first-order valence-electron chi connectivity index (χ1n) is 7.06. The van der Waals surface area contributed by atoms with Crippen LogP contribution in [0.25, 0.3) is 0 Å². The zero-order valence-electron chi connectivity index (χ0n) is 11.8. The van der Waals surface area contributed by atoms with Gasteiger partial charge in [0.15, 0.2) is 0 Å². The number of rotatable bonds is 3. The number of aryl methyl sites for hydroxylation is 1. The SMILES string of the molecule is O=C(NC1CCc2sc(Cl)c(Cl)c2C1)OCc1ccccc1. The second kappa shape index (κ2) is 6.90. The maximum absolute atomic E-state index is 11.9. The van der Waals surface area contributed by atoms with Crippen LogP contribution in [0.2, 0.25) is 9.36 Å². The van der Waals surface area contributed by atoms with Crippen molar-refractivity contribution in [3.05, 3.63) is 55.7 Å². The van der Waals surface area contributed by atoms with Crippen LogP contribution in [0.1, 0.15) is 22.4 Å². The molecule has 1 unspecified atom stereocenters. The average molecular weight is 356 g/mol. The van der Waals surface area contributed by atoms with Crippen molar-refractivity contribution in [3.63, 3.8) is 0 Å². The van der Waals surface area contributed by atoms with Gasteiger partial charge >= 0.3 is 6.09 Å². The van der Waals surface area contributed by atoms with Crippen molar-refractivity contribution < 1.29 is 9.53 Å². The van der Waals surface area contributed by atoms with Gasteiger partial charge in [0, 0.05) is 10.9 Å². The van der Waals surface area contributed by atoms with Crippen molar-refractivity contribution in [2.75, 3.05) is 0 Å². The quantitative estimate of drug-likeness (QED) is 0.855. The van der Waals surface area contributed by atoms with Gasteiger partial charge in [-0.3, -0.25) is 0 Å². The van der Waals surface area contributed by atoms with Crippen LogP contribution in [0.15, 0.2) is 30.3 Å². The van der Waals surface area contributed by atoms with Crippen molar-refractivity contribution in [1.29, 1.82) is 0 Å². The second-order valence-electron chi connectivity index (χ2n) is 5.24. The molecule has 0 spiro atoms. The number of fused-ring (bicyclic) bond motifs is 1. The number of hydrogen-bond donors (Lipinski definition) is 1. The molecule has 116 valence electrons. The number of amides is 1. The van der Waals surface area contributed by atoms with Crippen LogP contribution in [0.5, 0.6) is 0 Å². The molecule has 1 aromatic heterocycles. The van der Waals surface area contributed by atoms with Crippen LogP contribution in [-0.2, 0) is 24.2 Å². The van der Waals surface area contributed by atoms with Crippen LogP contribution in [0.3, 0.4) is 0 Å². The van der Waals surface area contributed by atoms with Crippen molar-refractivity contribution in [1.82, 2.24) is 5.32 Å². The molecule has 1 atom stereocenters. The van der Waals surface area contributed by atoms with Gasteiger partial charge in [0.25, 0.3) is 0 Å². The largest absolute Gasteiger partial charge is 0.445 e. The van der Waals surface area contributed by atoms with Crippen molar-refractivity contribution >= 4 is 40.6 Å². The minimum absolute atomic E-state index is 0.0407. The van der Waals surface area contributed by atoms with E-state index in [4.69, 9.17) is 27.9 Å². The fourth-order valence-corrected chi connectivity index (χ4v) is 4.28. The molecule has 0 aliphatic heterocycles. The van der Waals surface area contributed by atoms with E-state index in [0.717, 1.165) is 24.0 Å². The van der Waals surface area contributed by atoms with Crippen LogP contribution in [-0.4, -0.2) is 12.1 Å². The highest BCUT2D eigenvalue weighted by Gasteiger charge is 2.25. The predicted molar refractivity (Wildman–Crippen MR) is 89.9 cm³/mol. The van der Waals surface area contributed by atoms with Gasteiger partial charge in [-0.05, 0) is 30.4 Å². The summed E-state index contributed by atoms with van der Waals surface area (Å²) in [5.74, 6) is 0. The summed E-state index contributed by atoms with van der Waals surface area (Å²) < 4.78 is 5.89. The van der Waals surface area contributed by atoms with Crippen molar-refractivity contribution in [3.8, 4) is 0 Å². The molecular weight excluding hydrogens is 341 g/mol. The van der Waals surface area contributed by atoms with Crippen molar-refractivity contribution in [2.24, 2.45) is 0 Å². The highest BCUT2D eigenvalue weighted by molar-refractivity contribution is 7.17. The lowest BCUT2D eigenvalue weighted by atomic mass is 9.94. The lowest BCUT2D eigenvalue weighted by molar-refractivity contribution is 0.134. The van der Waals surface area contributed by atoms with E-state index in [2.05, 4.69) is 5.32 Å². The predicted octanol–water partition coefficient (Wildman–Crippen LogP) is 4.84. The summed E-state index contributed by atoms with van der Waals surface area (Å²) in [6.07, 6.45) is 2.07. The molecule has 22 heavy (non-hydrogen) atoms. The van der Waals surface area contributed by atoms with Gasteiger partial charge in [-0.1, -0.05) is 53.5 Å². The molecule has 0 radical (unpaired) electrons. The number of thiophene rings is 1. The first kappa shape index (κ1) is 15.7. The normalized spacial score (nSPS) is 16.9. The maximum Gasteiger partial charge on any atom is 0.407 e. The Balaban J connectivity index is 1.53. The van der Waals surface area contributed by atoms with Gasteiger partial charge in [0.2, 0.25) is 0 Å². The molecule has 3 nitrogen and oxygen atoms in total. The van der Waals surface area contributed by atoms with E-state index >= 15 is 0 Å². The molecule has 0 saturated carbocycles. The fraction of sp³-hybridized carbons (Fsp3) is 0.312. The molecule has 0 saturated heterocycles. The molecule has 3 rings (SSSR count). The third-order valence-corrected chi connectivity index (χ3v) is 5.82. The fourth-order valence-electron chi connectivity index (χ4n) is 2.57. The number of carbonyl (C=O) groups excluding carboxylic acids is 1. The summed E-state index contributed by atoms with van der Waals surface area (Å²) in [6, 6.07) is 9.65. The number of halogens is 2. The molecule has 1 N–H and O–H groups in total. The molecular formula is C16H15Cl2NO2S. The van der Waals surface area contributed by atoms with E-state index in [1.165, 1.54) is 16.2 Å². The Morgan fingerprint density at radius 2 is 2.09 bits per heavy atom. The number of benzene rings is 1. The van der Waals surface area contributed by atoms with E-state index in [1.54, 1.807) is 0 Å². The molecule has 1 aliphatic carbocycles. The molecule has 1 aromatic carbocycles. The van der Waals surface area contributed by atoms with Gasteiger partial charge in [-0.15, -0.1) is 11.3 Å². The number of ether oxygens (including phenoxy) is 1. The standard InChI is InChI=1S/C16H15Cl2NO2S/c17-14-12-8-11(6-7-13(12)22-15(14)18)19-16(20)21-9-10-4-2-1-3-5-10/h1-5,11H,6-9H2,(H,19,20). The molecule has 6 heteroatoms. The molecule has 2 aromatic rings. The third-order valence-electron chi connectivity index (χ3n) is 3.69. The van der Waals surface area contributed by atoms with E-state index < -0.39 is 6.09 Å². The molecule has 0 fully saturated rings. The Morgan fingerprint density at radius 1 is 1.32 bits per heavy atom. The summed E-state index contributed by atoms with van der Waals surface area (Å²) in [4.78, 5) is 13.1. The van der Waals surface area contributed by atoms with E-state index in [1.807, 2.05) is 30.3 Å². The summed E-state index contributed by atoms with van der Waals surface area (Å²) in [7, 11) is 0. The van der Waals surface area contributed by atoms with E-state index in [9.17, 15) is 4.79 Å². The molecule has 1 amide bonds. The van der Waals surface area contributed by atoms with Gasteiger partial charge in [0.05, 0.1) is 5.02 Å². The van der Waals surface area contributed by atoms with Crippen LogP contribution < -0.4 is 5.32 Å². The topological polar surface area (TPSA) is 38.3 Å². The summed E-state index contributed by atoms with van der Waals surface area (Å²) in [5.41, 5.74) is 2.03. The van der Waals surface area contributed by atoms with Gasteiger partial charge in [0.1, 0.15) is 10.9 Å². The highest BCUT2D eigenvalue weighted by Crippen LogP contribution is 2.40. The summed E-state index contributed by atoms with van der Waals surface area (Å²) >= 11 is 13.8.